The number of aromatic hydroxyl groups is 1. The number of H-pyrrole nitrogens is 2. The Morgan fingerprint density at radius 2 is 2.04 bits per heavy atom. The molecule has 1 aromatic heterocycles. The summed E-state index contributed by atoms with van der Waals surface area (Å²) >= 11 is 0. The van der Waals surface area contributed by atoms with Gasteiger partial charge in [0, 0.05) is 23.6 Å². The van der Waals surface area contributed by atoms with Crippen LogP contribution < -0.4 is 15.6 Å². The zero-order chi connectivity index (χ0) is 16.8. The number of fused-ring (bicyclic) bond motifs is 1. The van der Waals surface area contributed by atoms with Gasteiger partial charge in [-0.05, 0) is 30.5 Å². The molecular weight excluding hydrogens is 310 g/mol. The molecule has 4 rings (SSSR count). The van der Waals surface area contributed by atoms with E-state index in [1.54, 1.807) is 18.2 Å². The summed E-state index contributed by atoms with van der Waals surface area (Å²) < 4.78 is 5.08. The molecule has 0 saturated carbocycles. The van der Waals surface area contributed by atoms with E-state index in [1.165, 1.54) is 7.11 Å². The number of anilines is 1. The first-order valence-corrected chi connectivity index (χ1v) is 7.81. The number of carbonyl (C=O) groups is 1. The number of aromatic nitrogens is 2. The van der Waals surface area contributed by atoms with E-state index >= 15 is 0 Å². The summed E-state index contributed by atoms with van der Waals surface area (Å²) in [6, 6.07) is 4.97. The molecule has 7 nitrogen and oxygen atoms in total. The second kappa shape index (κ2) is 5.30. The van der Waals surface area contributed by atoms with E-state index in [1.807, 2.05) is 0 Å². The Morgan fingerprint density at radius 1 is 1.21 bits per heavy atom. The number of methoxy groups -OCH3 is 1. The Morgan fingerprint density at radius 3 is 2.79 bits per heavy atom. The molecular formula is C17H17N3O4. The maximum absolute atomic E-state index is 12.6. The van der Waals surface area contributed by atoms with Crippen molar-refractivity contribution >= 4 is 11.6 Å². The summed E-state index contributed by atoms with van der Waals surface area (Å²) in [7, 11) is 1.47. The van der Waals surface area contributed by atoms with Gasteiger partial charge in [-0.1, -0.05) is 6.07 Å². The Hall–Kier alpha value is -2.96. The molecule has 0 radical (unpaired) electrons. The lowest BCUT2D eigenvalue weighted by molar-refractivity contribution is -0.116. The lowest BCUT2D eigenvalue weighted by Crippen LogP contribution is -2.29. The van der Waals surface area contributed by atoms with Gasteiger partial charge in [-0.2, -0.15) is 0 Å². The third-order valence-electron chi connectivity index (χ3n) is 4.66. The lowest BCUT2D eigenvalue weighted by Gasteiger charge is -2.31. The molecule has 0 bridgehead atoms. The molecule has 4 N–H and O–H groups in total. The minimum absolute atomic E-state index is 0.0209. The van der Waals surface area contributed by atoms with Crippen molar-refractivity contribution in [2.24, 2.45) is 0 Å². The van der Waals surface area contributed by atoms with Crippen LogP contribution in [0.25, 0.3) is 0 Å². The number of allylic oxidation sites excluding steroid dienone is 2. The predicted octanol–water partition coefficient (Wildman–Crippen LogP) is 1.98. The molecule has 7 heteroatoms. The van der Waals surface area contributed by atoms with Gasteiger partial charge in [0.1, 0.15) is 5.82 Å². The first-order valence-electron chi connectivity index (χ1n) is 7.81. The fraction of sp³-hybridized carbons (Fsp3) is 0.294. The predicted molar refractivity (Wildman–Crippen MR) is 87.4 cm³/mol. The van der Waals surface area contributed by atoms with E-state index in [4.69, 9.17) is 4.74 Å². The summed E-state index contributed by atoms with van der Waals surface area (Å²) in [5, 5.41) is 18.7. The first kappa shape index (κ1) is 14.6. The van der Waals surface area contributed by atoms with E-state index in [-0.39, 0.29) is 17.1 Å². The maximum atomic E-state index is 12.6. The zero-order valence-electron chi connectivity index (χ0n) is 13.1. The van der Waals surface area contributed by atoms with E-state index in [0.29, 0.717) is 34.7 Å². The molecule has 1 aliphatic heterocycles. The molecule has 1 aromatic carbocycles. The molecule has 0 amide bonds. The third-order valence-corrected chi connectivity index (χ3v) is 4.66. The minimum atomic E-state index is -0.504. The Bertz CT molecular complexity index is 922. The average molecular weight is 327 g/mol. The Kier molecular flexibility index (Phi) is 3.23. The molecule has 2 aliphatic rings. The number of benzene rings is 1. The number of aromatic amines is 2. The molecule has 2 heterocycles. The largest absolute Gasteiger partial charge is 0.504 e. The molecule has 0 fully saturated rings. The molecule has 1 unspecified atom stereocenters. The number of Topliss-reactive ketones (excluding diaryl/α,β-unsaturated/α-hetero) is 1. The Labute approximate surface area is 137 Å². The van der Waals surface area contributed by atoms with Crippen LogP contribution in [0, 0.1) is 0 Å². The molecule has 1 aliphatic carbocycles. The van der Waals surface area contributed by atoms with Gasteiger partial charge in [0.2, 0.25) is 0 Å². The van der Waals surface area contributed by atoms with Gasteiger partial charge < -0.3 is 15.2 Å². The summed E-state index contributed by atoms with van der Waals surface area (Å²) in [6.45, 7) is 0. The normalized spacial score (nSPS) is 19.5. The highest BCUT2D eigenvalue weighted by Crippen LogP contribution is 2.44. The topological polar surface area (TPSA) is 107 Å². The quantitative estimate of drug-likeness (QED) is 0.675. The first-order chi connectivity index (χ1) is 11.6. The van der Waals surface area contributed by atoms with Crippen LogP contribution in [0.15, 0.2) is 34.3 Å². The van der Waals surface area contributed by atoms with Crippen molar-refractivity contribution < 1.29 is 14.6 Å². The number of carbonyl (C=O) groups excluding carboxylic acids is 1. The van der Waals surface area contributed by atoms with Crippen molar-refractivity contribution in [2.45, 2.75) is 25.2 Å². The van der Waals surface area contributed by atoms with E-state index in [2.05, 4.69) is 15.5 Å². The summed E-state index contributed by atoms with van der Waals surface area (Å²) in [5.74, 6) is 0.437. The number of rotatable bonds is 2. The highest BCUT2D eigenvalue weighted by molar-refractivity contribution is 6.00. The second-order valence-electron chi connectivity index (χ2n) is 6.03. The molecule has 0 spiro atoms. The Balaban J connectivity index is 1.94. The molecule has 1 atom stereocenters. The van der Waals surface area contributed by atoms with Crippen molar-refractivity contribution in [3.8, 4) is 11.5 Å². The van der Waals surface area contributed by atoms with Crippen LogP contribution in [-0.2, 0) is 4.79 Å². The number of ketones is 1. The van der Waals surface area contributed by atoms with E-state index < -0.39 is 5.92 Å². The van der Waals surface area contributed by atoms with Crippen molar-refractivity contribution in [1.82, 2.24) is 10.2 Å². The van der Waals surface area contributed by atoms with Gasteiger partial charge >= 0.3 is 0 Å². The molecule has 24 heavy (non-hydrogen) atoms. The number of nitrogens with one attached hydrogen (secondary N) is 3. The number of phenols is 1. The fourth-order valence-electron chi connectivity index (χ4n) is 3.59. The van der Waals surface area contributed by atoms with Crippen LogP contribution in [0.3, 0.4) is 0 Å². The van der Waals surface area contributed by atoms with Crippen LogP contribution in [0.5, 0.6) is 11.5 Å². The van der Waals surface area contributed by atoms with Gasteiger partial charge in [0.05, 0.1) is 12.7 Å². The zero-order valence-corrected chi connectivity index (χ0v) is 13.1. The highest BCUT2D eigenvalue weighted by Gasteiger charge is 2.37. The summed E-state index contributed by atoms with van der Waals surface area (Å²) in [6.07, 6.45) is 2.01. The monoisotopic (exact) mass is 327 g/mol. The summed E-state index contributed by atoms with van der Waals surface area (Å²) in [5.41, 5.74) is 2.33. The van der Waals surface area contributed by atoms with Crippen LogP contribution in [0.1, 0.15) is 36.3 Å². The number of hydrogen-bond acceptors (Lipinski definition) is 5. The maximum Gasteiger partial charge on any atom is 0.270 e. The molecule has 124 valence electrons. The van der Waals surface area contributed by atoms with Crippen LogP contribution >= 0.6 is 0 Å². The summed E-state index contributed by atoms with van der Waals surface area (Å²) in [4.78, 5) is 24.8. The number of ether oxygens (including phenoxy) is 1. The van der Waals surface area contributed by atoms with Gasteiger partial charge in [-0.3, -0.25) is 19.8 Å². The van der Waals surface area contributed by atoms with E-state index in [9.17, 15) is 14.7 Å². The second-order valence-corrected chi connectivity index (χ2v) is 6.03. The minimum Gasteiger partial charge on any atom is -0.504 e. The van der Waals surface area contributed by atoms with Crippen LogP contribution in [-0.4, -0.2) is 28.2 Å². The molecule has 2 aromatic rings. The van der Waals surface area contributed by atoms with Gasteiger partial charge in [-0.15, -0.1) is 0 Å². The van der Waals surface area contributed by atoms with Crippen LogP contribution in [0.2, 0.25) is 0 Å². The SMILES string of the molecule is COc1ccc(C2C3=C(CCCC3=O)Nc3[nH][nH]c(=O)c32)cc1O. The molecule has 0 saturated heterocycles. The van der Waals surface area contributed by atoms with E-state index in [0.717, 1.165) is 18.5 Å². The van der Waals surface area contributed by atoms with Crippen LogP contribution in [0.4, 0.5) is 5.82 Å². The standard InChI is InChI=1S/C17H17N3O4/c1-24-12-6-5-8(7-11(12)22)13-14-9(3-2-4-10(14)21)18-16-15(13)17(23)20-19-16/h5-7,13,22H,2-4H2,1H3,(H3,18,19,20,23). The fourth-order valence-corrected chi connectivity index (χ4v) is 3.59. The van der Waals surface area contributed by atoms with Crippen molar-refractivity contribution in [3.63, 3.8) is 0 Å². The highest BCUT2D eigenvalue weighted by atomic mass is 16.5. The van der Waals surface area contributed by atoms with Gasteiger partial charge in [0.15, 0.2) is 17.3 Å². The lowest BCUT2D eigenvalue weighted by atomic mass is 9.77. The number of hydrogen-bond donors (Lipinski definition) is 4. The van der Waals surface area contributed by atoms with Crippen molar-refractivity contribution in [2.75, 3.05) is 12.4 Å². The van der Waals surface area contributed by atoms with Crippen molar-refractivity contribution in [3.05, 3.63) is 50.9 Å². The third kappa shape index (κ3) is 2.05. The average Bonchev–Trinajstić information content (AvgIpc) is 2.94. The number of phenolic OH excluding ortho intramolecular Hbond substituents is 1. The smallest absolute Gasteiger partial charge is 0.270 e. The van der Waals surface area contributed by atoms with Crippen molar-refractivity contribution in [1.29, 1.82) is 0 Å². The van der Waals surface area contributed by atoms with Gasteiger partial charge in [0.25, 0.3) is 5.56 Å². The van der Waals surface area contributed by atoms with Gasteiger partial charge in [-0.25, -0.2) is 0 Å².